The van der Waals surface area contributed by atoms with E-state index < -0.39 is 7.14 Å². The quantitative estimate of drug-likeness (QED) is 0.265. The van der Waals surface area contributed by atoms with E-state index in [0.717, 1.165) is 79.1 Å². The van der Waals surface area contributed by atoms with E-state index >= 15 is 0 Å². The second-order valence-electron chi connectivity index (χ2n) is 11.4. The topological polar surface area (TPSA) is 98.8 Å². The number of pyridine rings is 1. The van der Waals surface area contributed by atoms with E-state index in [9.17, 15) is 4.57 Å². The maximum absolute atomic E-state index is 13.0. The molecule has 42 heavy (non-hydrogen) atoms. The van der Waals surface area contributed by atoms with E-state index in [1.165, 1.54) is 0 Å². The number of hydrogen-bond acceptors (Lipinski definition) is 11. The Kier molecular flexibility index (Phi) is 8.36. The van der Waals surface area contributed by atoms with Crippen molar-refractivity contribution in [1.29, 1.82) is 0 Å². The Labute approximate surface area is 251 Å². The maximum atomic E-state index is 13.0. The molecule has 0 bridgehead atoms. The minimum absolute atomic E-state index is 0.429. The fourth-order valence-corrected chi connectivity index (χ4v) is 7.74. The molecule has 12 heteroatoms. The number of thiophene rings is 1. The molecule has 0 spiro atoms. The summed E-state index contributed by atoms with van der Waals surface area (Å²) >= 11 is 1.56. The van der Waals surface area contributed by atoms with Gasteiger partial charge in [-0.3, -0.25) is 4.90 Å². The van der Waals surface area contributed by atoms with Crippen LogP contribution in [0.4, 0.5) is 29.0 Å². The van der Waals surface area contributed by atoms with Gasteiger partial charge in [0.25, 0.3) is 0 Å². The van der Waals surface area contributed by atoms with Crippen LogP contribution >= 0.6 is 18.5 Å². The first kappa shape index (κ1) is 28.9. The molecular weight excluding hydrogens is 567 g/mol. The number of piperidine rings is 1. The van der Waals surface area contributed by atoms with Gasteiger partial charge in [-0.15, -0.1) is 11.3 Å². The highest BCUT2D eigenvalue weighted by molar-refractivity contribution is 7.70. The fourth-order valence-electron chi connectivity index (χ4n) is 5.81. The molecule has 4 aromatic rings. The molecule has 2 N–H and O–H groups in total. The zero-order chi connectivity index (χ0) is 29.3. The number of benzene rings is 1. The molecule has 5 heterocycles. The number of para-hydroxylation sites is 1. The lowest BCUT2D eigenvalue weighted by Gasteiger charge is -2.42. The molecule has 0 amide bonds. The van der Waals surface area contributed by atoms with Crippen LogP contribution in [0.25, 0.3) is 10.2 Å². The van der Waals surface area contributed by atoms with Crippen molar-refractivity contribution in [2.24, 2.45) is 0 Å². The first-order valence-electron chi connectivity index (χ1n) is 14.4. The van der Waals surface area contributed by atoms with Crippen LogP contribution in [-0.2, 0) is 4.57 Å². The van der Waals surface area contributed by atoms with Gasteiger partial charge in [-0.2, -0.15) is 9.97 Å². The van der Waals surface area contributed by atoms with E-state index in [-0.39, 0.29) is 0 Å². The van der Waals surface area contributed by atoms with E-state index in [0.29, 0.717) is 29.4 Å². The predicted octanol–water partition coefficient (Wildman–Crippen LogP) is 5.05. The molecule has 3 aromatic heterocycles. The Morgan fingerprint density at radius 1 is 0.905 bits per heavy atom. The van der Waals surface area contributed by atoms with Gasteiger partial charge in [-0.25, -0.2) is 4.98 Å². The van der Waals surface area contributed by atoms with Gasteiger partial charge in [0.2, 0.25) is 11.8 Å². The van der Waals surface area contributed by atoms with Gasteiger partial charge in [0.05, 0.1) is 23.0 Å². The molecule has 2 fully saturated rings. The summed E-state index contributed by atoms with van der Waals surface area (Å²) in [6, 6.07) is 14.3. The molecule has 2 aliphatic heterocycles. The Morgan fingerprint density at radius 2 is 1.67 bits per heavy atom. The van der Waals surface area contributed by atoms with Crippen LogP contribution in [0.5, 0.6) is 5.88 Å². The first-order valence-corrected chi connectivity index (χ1v) is 17.9. The van der Waals surface area contributed by atoms with Gasteiger partial charge in [-0.1, -0.05) is 12.1 Å². The van der Waals surface area contributed by atoms with Crippen molar-refractivity contribution in [2.45, 2.75) is 18.9 Å². The Bertz CT molecular complexity index is 1590. The van der Waals surface area contributed by atoms with E-state index in [1.54, 1.807) is 31.8 Å². The number of nitrogens with zero attached hydrogens (tertiary/aromatic N) is 6. The third-order valence-corrected chi connectivity index (χ3v) is 10.6. The Morgan fingerprint density at radius 3 is 2.40 bits per heavy atom. The van der Waals surface area contributed by atoms with Crippen molar-refractivity contribution in [3.63, 3.8) is 0 Å². The molecule has 2 aliphatic rings. The highest BCUT2D eigenvalue weighted by atomic mass is 32.1. The van der Waals surface area contributed by atoms with Crippen molar-refractivity contribution in [3.8, 4) is 5.88 Å². The van der Waals surface area contributed by atoms with Crippen molar-refractivity contribution < 1.29 is 9.30 Å². The number of nitrogens with one attached hydrogen (secondary N) is 2. The predicted molar refractivity (Wildman–Crippen MR) is 175 cm³/mol. The van der Waals surface area contributed by atoms with E-state index in [4.69, 9.17) is 19.7 Å². The highest BCUT2D eigenvalue weighted by Crippen LogP contribution is 2.39. The third-order valence-electron chi connectivity index (χ3n) is 8.17. The average molecular weight is 607 g/mol. The Hall–Kier alpha value is -3.24. The summed E-state index contributed by atoms with van der Waals surface area (Å²) in [6.45, 7) is 10.2. The average Bonchev–Trinajstić information content (AvgIpc) is 3.47. The standard InChI is InChI=1S/C30H39N8O2PS/c1-36-16-18-37(19-17-36)21-11-14-38(15-12-21)26-10-9-24(29(34-26)40-2)33-30-32-23-13-20-42-27(23)28(35-30)31-22-7-5-6-8-25(22)41(3,4)39/h5-10,13,20-21H,11-12,14-19H2,1-4H3,(H2,31,32,33,35). The normalized spacial score (nSPS) is 17.5. The number of aromatic nitrogens is 3. The smallest absolute Gasteiger partial charge is 0.239 e. The summed E-state index contributed by atoms with van der Waals surface area (Å²) in [7, 11) is 1.35. The zero-order valence-corrected chi connectivity index (χ0v) is 26.4. The maximum Gasteiger partial charge on any atom is 0.239 e. The fraction of sp³-hybridized carbons (Fsp3) is 0.433. The van der Waals surface area contributed by atoms with Crippen molar-refractivity contribution in [2.75, 3.05) is 82.3 Å². The second kappa shape index (κ2) is 12.2. The zero-order valence-electron chi connectivity index (χ0n) is 24.7. The van der Waals surface area contributed by atoms with Crippen molar-refractivity contribution >= 4 is 63.0 Å². The Balaban J connectivity index is 1.19. The van der Waals surface area contributed by atoms with Gasteiger partial charge >= 0.3 is 0 Å². The van der Waals surface area contributed by atoms with Gasteiger partial charge in [0, 0.05) is 50.6 Å². The van der Waals surface area contributed by atoms with Crippen LogP contribution in [0, 0.1) is 0 Å². The molecule has 0 radical (unpaired) electrons. The second-order valence-corrected chi connectivity index (χ2v) is 15.5. The third kappa shape index (κ3) is 6.24. The van der Waals surface area contributed by atoms with Crippen LogP contribution in [0.1, 0.15) is 12.8 Å². The summed E-state index contributed by atoms with van der Waals surface area (Å²) in [5, 5.41) is 9.55. The molecule has 0 aliphatic carbocycles. The number of rotatable bonds is 8. The summed E-state index contributed by atoms with van der Waals surface area (Å²) in [5.74, 6) is 2.51. The number of methoxy groups -OCH3 is 1. The summed E-state index contributed by atoms with van der Waals surface area (Å²) < 4.78 is 19.6. The molecule has 1 aromatic carbocycles. The van der Waals surface area contributed by atoms with Crippen LogP contribution in [-0.4, -0.2) is 97.5 Å². The molecule has 0 atom stereocenters. The van der Waals surface area contributed by atoms with E-state index in [2.05, 4.69) is 32.4 Å². The van der Waals surface area contributed by atoms with Crippen LogP contribution in [0.15, 0.2) is 47.8 Å². The number of anilines is 5. The molecular formula is C30H39N8O2PS. The molecule has 222 valence electrons. The summed E-state index contributed by atoms with van der Waals surface area (Å²) in [4.78, 5) is 21.8. The monoisotopic (exact) mass is 606 g/mol. The van der Waals surface area contributed by atoms with Crippen molar-refractivity contribution in [1.82, 2.24) is 24.8 Å². The largest absolute Gasteiger partial charge is 0.479 e. The number of hydrogen-bond donors (Lipinski definition) is 2. The molecule has 0 saturated carbocycles. The minimum atomic E-state index is -2.50. The van der Waals surface area contributed by atoms with E-state index in [1.807, 2.05) is 47.8 Å². The summed E-state index contributed by atoms with van der Waals surface area (Å²) in [5.41, 5.74) is 2.30. The first-order chi connectivity index (χ1) is 20.3. The lowest BCUT2D eigenvalue weighted by molar-refractivity contribution is 0.0981. The number of fused-ring (bicyclic) bond motifs is 1. The van der Waals surface area contributed by atoms with Crippen molar-refractivity contribution in [3.05, 3.63) is 47.8 Å². The minimum Gasteiger partial charge on any atom is -0.479 e. The highest BCUT2D eigenvalue weighted by Gasteiger charge is 2.27. The van der Waals surface area contributed by atoms with Gasteiger partial charge in [0.15, 0.2) is 5.82 Å². The van der Waals surface area contributed by atoms with Gasteiger partial charge < -0.3 is 29.7 Å². The number of piperazine rings is 1. The molecule has 6 rings (SSSR count). The lowest BCUT2D eigenvalue weighted by atomic mass is 10.0. The number of likely N-dealkylation sites (N-methyl/N-ethyl adjacent to an activating group) is 1. The number of ether oxygens (including phenoxy) is 1. The van der Waals surface area contributed by atoms with Gasteiger partial charge in [0.1, 0.15) is 18.6 Å². The molecule has 0 unspecified atom stereocenters. The molecule has 2 saturated heterocycles. The lowest BCUT2D eigenvalue weighted by Crippen LogP contribution is -2.52. The van der Waals surface area contributed by atoms with Gasteiger partial charge in [-0.05, 0) is 68.9 Å². The van der Waals surface area contributed by atoms with Crippen LogP contribution in [0.3, 0.4) is 0 Å². The SMILES string of the molecule is COc1nc(N2CCC(N3CCN(C)CC3)CC2)ccc1Nc1nc(Nc2ccccc2P(C)(C)=O)c2sccc2n1. The van der Waals surface area contributed by atoms with Crippen LogP contribution < -0.4 is 25.6 Å². The molecule has 10 nitrogen and oxygen atoms in total. The summed E-state index contributed by atoms with van der Waals surface area (Å²) in [6.07, 6.45) is 2.29. The van der Waals surface area contributed by atoms with Crippen LogP contribution in [0.2, 0.25) is 0 Å².